The molecule has 12 heteroatoms. The number of nitrogens with zero attached hydrogens (tertiary/aromatic N) is 1. The van der Waals surface area contributed by atoms with Crippen molar-refractivity contribution in [1.29, 1.82) is 0 Å². The lowest BCUT2D eigenvalue weighted by atomic mass is 10.2. The molecule has 0 saturated carbocycles. The Morgan fingerprint density at radius 2 is 1.80 bits per heavy atom. The molecule has 2 aromatic rings. The number of carbonyl (C=O) groups excluding carboxylic acids is 2. The van der Waals surface area contributed by atoms with E-state index < -0.39 is 32.9 Å². The molecule has 1 atom stereocenters. The molecule has 10 nitrogen and oxygen atoms in total. The van der Waals surface area contributed by atoms with E-state index in [9.17, 15) is 28.1 Å². The van der Waals surface area contributed by atoms with E-state index >= 15 is 0 Å². The van der Waals surface area contributed by atoms with Gasteiger partial charge in [0.25, 0.3) is 11.6 Å². The number of hydrogen-bond donors (Lipinski definition) is 2. The minimum atomic E-state index is -3.83. The summed E-state index contributed by atoms with van der Waals surface area (Å²) in [7, 11) is -3.83. The van der Waals surface area contributed by atoms with Crippen LogP contribution in [-0.4, -0.2) is 37.9 Å². The van der Waals surface area contributed by atoms with Crippen LogP contribution in [0, 0.1) is 10.1 Å². The first-order valence-electron chi connectivity index (χ1n) is 8.59. The quantitative estimate of drug-likeness (QED) is 0.335. The number of nitro benzene ring substituents is 1. The molecular formula is C18H18ClN3O7S. The number of carbonyl (C=O) groups is 2. The summed E-state index contributed by atoms with van der Waals surface area (Å²) in [5.74, 6) is -1.58. The van der Waals surface area contributed by atoms with Crippen LogP contribution >= 0.6 is 11.6 Å². The van der Waals surface area contributed by atoms with Crippen molar-refractivity contribution in [3.05, 3.63) is 63.7 Å². The standard InChI is InChI=1S/C18H18ClN3O7S/c1-12(18(24)21-15-4-2-3-5-16(15)22(25)26)29-17(23)10-11-20-30(27,28)14-8-6-13(19)7-9-14/h2-9,12,20H,10-11H2,1H3,(H,21,24). The maximum absolute atomic E-state index is 12.1. The van der Waals surface area contributed by atoms with Crippen LogP contribution in [-0.2, 0) is 24.3 Å². The van der Waals surface area contributed by atoms with Crippen molar-refractivity contribution in [2.24, 2.45) is 0 Å². The lowest BCUT2D eigenvalue weighted by Gasteiger charge is -2.14. The van der Waals surface area contributed by atoms with Crippen molar-refractivity contribution >= 4 is 44.9 Å². The van der Waals surface area contributed by atoms with Gasteiger partial charge >= 0.3 is 5.97 Å². The lowest BCUT2D eigenvalue weighted by molar-refractivity contribution is -0.383. The SMILES string of the molecule is CC(OC(=O)CCNS(=O)(=O)c1ccc(Cl)cc1)C(=O)Nc1ccccc1[N+](=O)[O-]. The van der Waals surface area contributed by atoms with Crippen molar-refractivity contribution in [2.45, 2.75) is 24.3 Å². The summed E-state index contributed by atoms with van der Waals surface area (Å²) in [6.45, 7) is 1.04. The number of halogens is 1. The molecule has 0 saturated heterocycles. The molecule has 1 amide bonds. The highest BCUT2D eigenvalue weighted by Gasteiger charge is 2.22. The lowest BCUT2D eigenvalue weighted by Crippen LogP contribution is -2.32. The number of sulfonamides is 1. The van der Waals surface area contributed by atoms with Crippen LogP contribution in [0.2, 0.25) is 5.02 Å². The van der Waals surface area contributed by atoms with E-state index in [-0.39, 0.29) is 29.2 Å². The van der Waals surface area contributed by atoms with Gasteiger partial charge in [-0.15, -0.1) is 0 Å². The second-order valence-electron chi connectivity index (χ2n) is 6.00. The number of anilines is 1. The zero-order valence-electron chi connectivity index (χ0n) is 15.7. The molecule has 1 unspecified atom stereocenters. The van der Waals surface area contributed by atoms with Gasteiger partial charge in [-0.1, -0.05) is 23.7 Å². The molecule has 2 rings (SSSR count). The monoisotopic (exact) mass is 455 g/mol. The van der Waals surface area contributed by atoms with Crippen LogP contribution in [0.15, 0.2) is 53.4 Å². The van der Waals surface area contributed by atoms with Gasteiger partial charge in [-0.3, -0.25) is 19.7 Å². The average Bonchev–Trinajstić information content (AvgIpc) is 2.68. The smallest absolute Gasteiger partial charge is 0.307 e. The number of ether oxygens (including phenoxy) is 1. The molecule has 0 aliphatic heterocycles. The Morgan fingerprint density at radius 3 is 2.43 bits per heavy atom. The Kier molecular flexibility index (Phi) is 7.86. The Labute approximate surface area is 177 Å². The number of para-hydroxylation sites is 2. The maximum Gasteiger partial charge on any atom is 0.307 e. The number of benzene rings is 2. The van der Waals surface area contributed by atoms with Gasteiger partial charge < -0.3 is 10.1 Å². The van der Waals surface area contributed by atoms with Crippen LogP contribution in [0.5, 0.6) is 0 Å². The van der Waals surface area contributed by atoms with E-state index in [1.165, 1.54) is 55.5 Å². The molecule has 2 aromatic carbocycles. The predicted octanol–water partition coefficient (Wildman–Crippen LogP) is 2.49. The van der Waals surface area contributed by atoms with Crippen LogP contribution < -0.4 is 10.0 Å². The highest BCUT2D eigenvalue weighted by molar-refractivity contribution is 7.89. The summed E-state index contributed by atoms with van der Waals surface area (Å²) >= 11 is 5.71. The molecule has 30 heavy (non-hydrogen) atoms. The first-order chi connectivity index (χ1) is 14.1. The minimum absolute atomic E-state index is 0.0162. The highest BCUT2D eigenvalue weighted by atomic mass is 35.5. The molecular weight excluding hydrogens is 438 g/mol. The number of rotatable bonds is 9. The third kappa shape index (κ3) is 6.51. The van der Waals surface area contributed by atoms with Crippen LogP contribution in [0.1, 0.15) is 13.3 Å². The largest absolute Gasteiger partial charge is 0.452 e. The molecule has 2 N–H and O–H groups in total. The second kappa shape index (κ2) is 10.1. The zero-order chi connectivity index (χ0) is 22.3. The fourth-order valence-electron chi connectivity index (χ4n) is 2.27. The molecule has 0 spiro atoms. The topological polar surface area (TPSA) is 145 Å². The number of hydrogen-bond acceptors (Lipinski definition) is 7. The summed E-state index contributed by atoms with van der Waals surface area (Å²) in [4.78, 5) is 34.3. The van der Waals surface area contributed by atoms with Gasteiger partial charge in [-0.2, -0.15) is 0 Å². The van der Waals surface area contributed by atoms with E-state index in [4.69, 9.17) is 16.3 Å². The second-order valence-corrected chi connectivity index (χ2v) is 8.20. The normalized spacial score (nSPS) is 12.1. The number of nitrogens with one attached hydrogen (secondary N) is 2. The Balaban J connectivity index is 1.85. The van der Waals surface area contributed by atoms with Gasteiger partial charge in [0.1, 0.15) is 5.69 Å². The minimum Gasteiger partial charge on any atom is -0.452 e. The average molecular weight is 456 g/mol. The molecule has 0 aliphatic rings. The number of nitro groups is 1. The van der Waals surface area contributed by atoms with E-state index in [0.29, 0.717) is 5.02 Å². The first kappa shape index (κ1) is 23.3. The fraction of sp³-hybridized carbons (Fsp3) is 0.222. The fourth-order valence-corrected chi connectivity index (χ4v) is 3.42. The maximum atomic E-state index is 12.1. The van der Waals surface area contributed by atoms with Gasteiger partial charge in [0, 0.05) is 17.6 Å². The van der Waals surface area contributed by atoms with E-state index in [0.717, 1.165) is 0 Å². The Hall–Kier alpha value is -3.02. The van der Waals surface area contributed by atoms with Crippen LogP contribution in [0.3, 0.4) is 0 Å². The van der Waals surface area contributed by atoms with Gasteiger partial charge in [-0.25, -0.2) is 13.1 Å². The highest BCUT2D eigenvalue weighted by Crippen LogP contribution is 2.23. The van der Waals surface area contributed by atoms with Gasteiger partial charge in [-0.05, 0) is 37.3 Å². The number of amides is 1. The number of esters is 1. The molecule has 0 radical (unpaired) electrons. The Bertz CT molecular complexity index is 1040. The molecule has 0 fully saturated rings. The summed E-state index contributed by atoms with van der Waals surface area (Å²) in [5.41, 5.74) is -0.341. The Morgan fingerprint density at radius 1 is 1.17 bits per heavy atom. The van der Waals surface area contributed by atoms with E-state index in [2.05, 4.69) is 10.0 Å². The summed E-state index contributed by atoms with van der Waals surface area (Å²) in [6, 6.07) is 11.0. The van der Waals surface area contributed by atoms with Crippen molar-refractivity contribution < 1.29 is 27.7 Å². The van der Waals surface area contributed by atoms with Gasteiger partial charge in [0.2, 0.25) is 10.0 Å². The third-order valence-corrected chi connectivity index (χ3v) is 5.51. The summed E-state index contributed by atoms with van der Waals surface area (Å²) in [5, 5.41) is 13.7. The van der Waals surface area contributed by atoms with Gasteiger partial charge in [0.15, 0.2) is 6.10 Å². The molecule has 0 aliphatic carbocycles. The zero-order valence-corrected chi connectivity index (χ0v) is 17.3. The van der Waals surface area contributed by atoms with Crippen molar-refractivity contribution in [3.63, 3.8) is 0 Å². The first-order valence-corrected chi connectivity index (χ1v) is 10.5. The summed E-state index contributed by atoms with van der Waals surface area (Å²) < 4.78 is 31.4. The summed E-state index contributed by atoms with van der Waals surface area (Å²) in [6.07, 6.45) is -1.57. The van der Waals surface area contributed by atoms with Crippen LogP contribution in [0.25, 0.3) is 0 Å². The predicted molar refractivity (Wildman–Crippen MR) is 109 cm³/mol. The van der Waals surface area contributed by atoms with Crippen molar-refractivity contribution in [2.75, 3.05) is 11.9 Å². The van der Waals surface area contributed by atoms with E-state index in [1.807, 2.05) is 0 Å². The van der Waals surface area contributed by atoms with E-state index in [1.54, 1.807) is 0 Å². The van der Waals surface area contributed by atoms with Crippen LogP contribution in [0.4, 0.5) is 11.4 Å². The molecule has 160 valence electrons. The molecule has 0 aromatic heterocycles. The molecule has 0 bridgehead atoms. The van der Waals surface area contributed by atoms with Crippen molar-refractivity contribution in [1.82, 2.24) is 4.72 Å². The molecule has 0 heterocycles. The van der Waals surface area contributed by atoms with Crippen molar-refractivity contribution in [3.8, 4) is 0 Å². The van der Waals surface area contributed by atoms with Gasteiger partial charge in [0.05, 0.1) is 16.2 Å². The third-order valence-electron chi connectivity index (χ3n) is 3.78.